The fourth-order valence-electron chi connectivity index (χ4n) is 2.34. The number of benzene rings is 1. The summed E-state index contributed by atoms with van der Waals surface area (Å²) in [6, 6.07) is 8.34. The molecule has 1 heterocycles. The second-order valence-electron chi connectivity index (χ2n) is 6.99. The van der Waals surface area contributed by atoms with Gasteiger partial charge in [-0.25, -0.2) is 0 Å². The van der Waals surface area contributed by atoms with Crippen LogP contribution in [-0.2, 0) is 12.0 Å². The molecular weight excluding hydrogens is 260 g/mol. The van der Waals surface area contributed by atoms with Gasteiger partial charge in [0.1, 0.15) is 5.69 Å². The first kappa shape index (κ1) is 15.5. The van der Waals surface area contributed by atoms with Crippen LogP contribution in [0.2, 0.25) is 0 Å². The standard InChI is InChI=1S/C18H24N2O/c1-13(2)10-20-11-15(12-21)17(19-20)14-6-8-16(9-7-14)18(3,4)5/h6-9,11-13H,10H2,1-5H3. The molecule has 0 bridgehead atoms. The number of rotatable bonds is 4. The zero-order valence-corrected chi connectivity index (χ0v) is 13.6. The van der Waals surface area contributed by atoms with Crippen molar-refractivity contribution in [2.24, 2.45) is 5.92 Å². The quantitative estimate of drug-likeness (QED) is 0.784. The fourth-order valence-corrected chi connectivity index (χ4v) is 2.34. The summed E-state index contributed by atoms with van der Waals surface area (Å²) in [6.07, 6.45) is 2.72. The Labute approximate surface area is 127 Å². The lowest BCUT2D eigenvalue weighted by atomic mass is 9.86. The van der Waals surface area contributed by atoms with Crippen LogP contribution in [0.1, 0.15) is 50.5 Å². The van der Waals surface area contributed by atoms with Gasteiger partial charge >= 0.3 is 0 Å². The fraction of sp³-hybridized carbons (Fsp3) is 0.444. The third-order valence-electron chi connectivity index (χ3n) is 3.49. The van der Waals surface area contributed by atoms with Crippen LogP contribution in [0.3, 0.4) is 0 Å². The number of carbonyl (C=O) groups is 1. The Hall–Kier alpha value is -1.90. The first-order chi connectivity index (χ1) is 9.81. The van der Waals surface area contributed by atoms with E-state index in [0.717, 1.165) is 24.1 Å². The Balaban J connectivity index is 2.37. The van der Waals surface area contributed by atoms with E-state index in [4.69, 9.17) is 0 Å². The van der Waals surface area contributed by atoms with Crippen molar-refractivity contribution < 1.29 is 4.79 Å². The summed E-state index contributed by atoms with van der Waals surface area (Å²) >= 11 is 0. The third-order valence-corrected chi connectivity index (χ3v) is 3.49. The lowest BCUT2D eigenvalue weighted by Gasteiger charge is -2.19. The number of nitrogens with zero attached hydrogens (tertiary/aromatic N) is 2. The van der Waals surface area contributed by atoms with Crippen LogP contribution in [0, 0.1) is 5.92 Å². The first-order valence-electron chi connectivity index (χ1n) is 7.45. The van der Waals surface area contributed by atoms with E-state index in [9.17, 15) is 4.79 Å². The normalized spacial score (nSPS) is 11.9. The van der Waals surface area contributed by atoms with E-state index in [1.807, 2.05) is 10.9 Å². The average Bonchev–Trinajstić information content (AvgIpc) is 2.80. The number of hydrogen-bond donors (Lipinski definition) is 0. The van der Waals surface area contributed by atoms with Crippen molar-refractivity contribution >= 4 is 6.29 Å². The second kappa shape index (κ2) is 5.84. The van der Waals surface area contributed by atoms with Crippen molar-refractivity contribution in [1.82, 2.24) is 9.78 Å². The van der Waals surface area contributed by atoms with Gasteiger partial charge in [0.2, 0.25) is 0 Å². The highest BCUT2D eigenvalue weighted by molar-refractivity contribution is 5.85. The van der Waals surface area contributed by atoms with E-state index in [0.29, 0.717) is 11.5 Å². The van der Waals surface area contributed by atoms with Crippen molar-refractivity contribution in [3.05, 3.63) is 41.6 Å². The predicted molar refractivity (Wildman–Crippen MR) is 86.6 cm³/mol. The van der Waals surface area contributed by atoms with E-state index in [1.165, 1.54) is 5.56 Å². The molecule has 0 aliphatic heterocycles. The molecule has 3 nitrogen and oxygen atoms in total. The highest BCUT2D eigenvalue weighted by atomic mass is 16.1. The Morgan fingerprint density at radius 1 is 1.19 bits per heavy atom. The number of hydrogen-bond acceptors (Lipinski definition) is 2. The maximum absolute atomic E-state index is 11.3. The van der Waals surface area contributed by atoms with Crippen molar-refractivity contribution in [2.45, 2.75) is 46.6 Å². The smallest absolute Gasteiger partial charge is 0.153 e. The molecule has 1 aromatic carbocycles. The van der Waals surface area contributed by atoms with Gasteiger partial charge in [0.15, 0.2) is 6.29 Å². The molecule has 0 N–H and O–H groups in total. The maximum Gasteiger partial charge on any atom is 0.153 e. The summed E-state index contributed by atoms with van der Waals surface area (Å²) in [7, 11) is 0. The van der Waals surface area contributed by atoms with Gasteiger partial charge in [0.25, 0.3) is 0 Å². The van der Waals surface area contributed by atoms with Crippen LogP contribution in [-0.4, -0.2) is 16.1 Å². The molecule has 112 valence electrons. The molecule has 0 atom stereocenters. The summed E-state index contributed by atoms with van der Waals surface area (Å²) in [4.78, 5) is 11.3. The zero-order chi connectivity index (χ0) is 15.6. The van der Waals surface area contributed by atoms with Gasteiger partial charge < -0.3 is 0 Å². The Bertz CT molecular complexity index is 616. The molecule has 0 unspecified atom stereocenters. The largest absolute Gasteiger partial charge is 0.298 e. The van der Waals surface area contributed by atoms with Crippen molar-refractivity contribution in [2.75, 3.05) is 0 Å². The molecule has 0 saturated heterocycles. The van der Waals surface area contributed by atoms with Crippen LogP contribution >= 0.6 is 0 Å². The minimum absolute atomic E-state index is 0.128. The summed E-state index contributed by atoms with van der Waals surface area (Å²) in [5.41, 5.74) is 3.82. The molecule has 0 aliphatic rings. The third kappa shape index (κ3) is 3.60. The molecule has 0 aliphatic carbocycles. The molecule has 1 aromatic heterocycles. The summed E-state index contributed by atoms with van der Waals surface area (Å²) in [6.45, 7) is 11.7. The van der Waals surface area contributed by atoms with Crippen molar-refractivity contribution in [3.63, 3.8) is 0 Å². The number of carbonyl (C=O) groups excluding carboxylic acids is 1. The van der Waals surface area contributed by atoms with Crippen LogP contribution in [0.5, 0.6) is 0 Å². The summed E-state index contributed by atoms with van der Waals surface area (Å²) in [5.74, 6) is 0.500. The molecule has 2 rings (SSSR count). The van der Waals surface area contributed by atoms with Gasteiger partial charge in [-0.2, -0.15) is 5.10 Å². The van der Waals surface area contributed by atoms with E-state index >= 15 is 0 Å². The van der Waals surface area contributed by atoms with E-state index in [2.05, 4.69) is 64.0 Å². The molecule has 0 fully saturated rings. The van der Waals surface area contributed by atoms with E-state index < -0.39 is 0 Å². The van der Waals surface area contributed by atoms with Crippen molar-refractivity contribution in [3.8, 4) is 11.3 Å². The minimum Gasteiger partial charge on any atom is -0.298 e. The monoisotopic (exact) mass is 284 g/mol. The van der Waals surface area contributed by atoms with E-state index in [-0.39, 0.29) is 5.41 Å². The number of aromatic nitrogens is 2. The van der Waals surface area contributed by atoms with Crippen LogP contribution < -0.4 is 0 Å². The van der Waals surface area contributed by atoms with Crippen LogP contribution in [0.4, 0.5) is 0 Å². The molecule has 2 aromatic rings. The summed E-state index contributed by atoms with van der Waals surface area (Å²) in [5, 5.41) is 4.57. The highest BCUT2D eigenvalue weighted by Gasteiger charge is 2.15. The Kier molecular flexibility index (Phi) is 4.31. The molecular formula is C18H24N2O. The topological polar surface area (TPSA) is 34.9 Å². The highest BCUT2D eigenvalue weighted by Crippen LogP contribution is 2.26. The lowest BCUT2D eigenvalue weighted by molar-refractivity contribution is 0.112. The maximum atomic E-state index is 11.3. The van der Waals surface area contributed by atoms with Crippen molar-refractivity contribution in [1.29, 1.82) is 0 Å². The average molecular weight is 284 g/mol. The second-order valence-corrected chi connectivity index (χ2v) is 6.99. The Morgan fingerprint density at radius 2 is 1.81 bits per heavy atom. The lowest BCUT2D eigenvalue weighted by Crippen LogP contribution is -2.10. The molecule has 0 radical (unpaired) electrons. The van der Waals surface area contributed by atoms with Crippen LogP contribution in [0.15, 0.2) is 30.5 Å². The predicted octanol–water partition coefficient (Wildman–Crippen LogP) is 4.32. The van der Waals surface area contributed by atoms with Gasteiger partial charge in [-0.15, -0.1) is 0 Å². The number of aldehydes is 1. The van der Waals surface area contributed by atoms with Crippen LogP contribution in [0.25, 0.3) is 11.3 Å². The van der Waals surface area contributed by atoms with Gasteiger partial charge in [0.05, 0.1) is 5.56 Å². The molecule has 0 saturated carbocycles. The van der Waals surface area contributed by atoms with Gasteiger partial charge in [-0.05, 0) is 16.9 Å². The molecule has 3 heteroatoms. The first-order valence-corrected chi connectivity index (χ1v) is 7.45. The molecule has 21 heavy (non-hydrogen) atoms. The molecule has 0 amide bonds. The molecule has 0 spiro atoms. The minimum atomic E-state index is 0.128. The van der Waals surface area contributed by atoms with E-state index in [1.54, 1.807) is 0 Å². The van der Waals surface area contributed by atoms with Gasteiger partial charge in [0, 0.05) is 18.3 Å². The Morgan fingerprint density at radius 3 is 2.29 bits per heavy atom. The summed E-state index contributed by atoms with van der Waals surface area (Å²) < 4.78 is 1.86. The SMILES string of the molecule is CC(C)Cn1cc(C=O)c(-c2ccc(C(C)(C)C)cc2)n1. The zero-order valence-electron chi connectivity index (χ0n) is 13.6. The van der Waals surface area contributed by atoms with Gasteiger partial charge in [-0.1, -0.05) is 58.9 Å². The van der Waals surface area contributed by atoms with Gasteiger partial charge in [-0.3, -0.25) is 9.48 Å².